The summed E-state index contributed by atoms with van der Waals surface area (Å²) in [7, 11) is 0. The lowest BCUT2D eigenvalue weighted by molar-refractivity contribution is 0.233. The lowest BCUT2D eigenvalue weighted by Crippen LogP contribution is -2.37. The molecule has 0 bridgehead atoms. The van der Waals surface area contributed by atoms with Gasteiger partial charge in [-0.1, -0.05) is 63.4 Å². The predicted octanol–water partition coefficient (Wildman–Crippen LogP) is 3.40. The summed E-state index contributed by atoms with van der Waals surface area (Å²) in [5.74, 6) is 0.741. The zero-order valence-corrected chi connectivity index (χ0v) is 12.4. The van der Waals surface area contributed by atoms with Gasteiger partial charge in [-0.25, -0.2) is 0 Å². The van der Waals surface area contributed by atoms with Crippen molar-refractivity contribution in [3.8, 4) is 0 Å². The molecular weight excluding hydrogens is 234 g/mol. The fraction of sp³-hybridized carbons (Fsp3) is 0.647. The Morgan fingerprint density at radius 3 is 2.47 bits per heavy atom. The average Bonchev–Trinajstić information content (AvgIpc) is 2.47. The fourth-order valence-electron chi connectivity index (χ4n) is 2.38. The molecule has 1 aromatic carbocycles. The van der Waals surface area contributed by atoms with E-state index in [1.807, 2.05) is 6.07 Å². The molecule has 0 saturated heterocycles. The molecule has 0 aliphatic rings. The first kappa shape index (κ1) is 16.2. The first-order chi connectivity index (χ1) is 9.30. The van der Waals surface area contributed by atoms with Crippen molar-refractivity contribution in [1.29, 1.82) is 0 Å². The Balaban J connectivity index is 2.35. The van der Waals surface area contributed by atoms with E-state index in [0.29, 0.717) is 0 Å². The molecule has 2 unspecified atom stereocenters. The van der Waals surface area contributed by atoms with Gasteiger partial charge in [-0.15, -0.1) is 0 Å². The Kier molecular flexibility index (Phi) is 8.52. The highest BCUT2D eigenvalue weighted by Gasteiger charge is 2.11. The zero-order valence-electron chi connectivity index (χ0n) is 12.4. The van der Waals surface area contributed by atoms with Crippen LogP contribution in [0.3, 0.4) is 0 Å². The predicted molar refractivity (Wildman–Crippen MR) is 82.3 cm³/mol. The number of unbranched alkanes of at least 4 members (excludes halogenated alkanes) is 1. The van der Waals surface area contributed by atoms with Gasteiger partial charge in [0.25, 0.3) is 0 Å². The Hall–Kier alpha value is -0.860. The third-order valence-corrected chi connectivity index (χ3v) is 3.78. The van der Waals surface area contributed by atoms with Crippen LogP contribution in [0.4, 0.5) is 0 Å². The van der Waals surface area contributed by atoms with Crippen LogP contribution in [0.5, 0.6) is 0 Å². The minimum absolute atomic E-state index is 0.179. The molecule has 0 radical (unpaired) electrons. The Morgan fingerprint density at radius 1 is 1.16 bits per heavy atom. The molecule has 108 valence electrons. The number of rotatable bonds is 10. The van der Waals surface area contributed by atoms with E-state index in [1.54, 1.807) is 0 Å². The summed E-state index contributed by atoms with van der Waals surface area (Å²) in [4.78, 5) is 0. The summed E-state index contributed by atoms with van der Waals surface area (Å²) in [6.07, 6.45) is 5.99. The molecule has 2 heteroatoms. The van der Waals surface area contributed by atoms with Crippen LogP contribution in [0.25, 0.3) is 0 Å². The summed E-state index contributed by atoms with van der Waals surface area (Å²) < 4.78 is 0. The highest BCUT2D eigenvalue weighted by molar-refractivity contribution is 5.15. The molecule has 1 rings (SSSR count). The van der Waals surface area contributed by atoms with Gasteiger partial charge in [-0.3, -0.25) is 0 Å². The average molecular weight is 263 g/mol. The van der Waals surface area contributed by atoms with Crippen LogP contribution in [-0.2, 0) is 6.42 Å². The Bertz CT molecular complexity index is 312. The first-order valence-electron chi connectivity index (χ1n) is 7.68. The molecule has 0 amide bonds. The molecule has 2 nitrogen and oxygen atoms in total. The van der Waals surface area contributed by atoms with Gasteiger partial charge in [0.1, 0.15) is 0 Å². The molecule has 0 fully saturated rings. The van der Waals surface area contributed by atoms with E-state index in [0.717, 1.165) is 18.9 Å². The number of hydrogen-bond acceptors (Lipinski definition) is 2. The molecule has 19 heavy (non-hydrogen) atoms. The molecule has 2 atom stereocenters. The summed E-state index contributed by atoms with van der Waals surface area (Å²) in [5.41, 5.74) is 1.29. The molecular formula is C17H29NO. The van der Waals surface area contributed by atoms with E-state index in [4.69, 9.17) is 0 Å². The van der Waals surface area contributed by atoms with E-state index in [-0.39, 0.29) is 12.6 Å². The number of nitrogens with one attached hydrogen (secondary N) is 1. The van der Waals surface area contributed by atoms with E-state index in [9.17, 15) is 5.11 Å². The van der Waals surface area contributed by atoms with Gasteiger partial charge in [0.15, 0.2) is 0 Å². The Labute approximate surface area is 118 Å². The third kappa shape index (κ3) is 6.74. The fourth-order valence-corrected chi connectivity index (χ4v) is 2.38. The second kappa shape index (κ2) is 9.99. The van der Waals surface area contributed by atoms with Gasteiger partial charge in [-0.05, 0) is 30.9 Å². The molecule has 1 aromatic rings. The quantitative estimate of drug-likeness (QED) is 0.678. The van der Waals surface area contributed by atoms with E-state index in [1.165, 1.54) is 31.2 Å². The summed E-state index contributed by atoms with van der Waals surface area (Å²) in [6.45, 7) is 5.73. The molecule has 0 aromatic heterocycles. The highest BCUT2D eigenvalue weighted by atomic mass is 16.3. The number of aliphatic hydroxyl groups excluding tert-OH is 1. The van der Waals surface area contributed by atoms with Gasteiger partial charge < -0.3 is 10.4 Å². The van der Waals surface area contributed by atoms with Crippen molar-refractivity contribution < 1.29 is 5.11 Å². The van der Waals surface area contributed by atoms with Crippen LogP contribution in [0.1, 0.15) is 45.1 Å². The number of aliphatic hydroxyl groups is 1. The summed E-state index contributed by atoms with van der Waals surface area (Å²) in [6, 6.07) is 10.6. The van der Waals surface area contributed by atoms with Crippen LogP contribution >= 0.6 is 0 Å². The van der Waals surface area contributed by atoms with Crippen molar-refractivity contribution in [3.63, 3.8) is 0 Å². The van der Waals surface area contributed by atoms with Gasteiger partial charge in [0, 0.05) is 6.04 Å². The van der Waals surface area contributed by atoms with Crippen molar-refractivity contribution in [1.82, 2.24) is 5.32 Å². The van der Waals surface area contributed by atoms with Crippen LogP contribution < -0.4 is 5.32 Å². The largest absolute Gasteiger partial charge is 0.395 e. The molecule has 0 heterocycles. The van der Waals surface area contributed by atoms with Gasteiger partial charge in [0.05, 0.1) is 6.61 Å². The van der Waals surface area contributed by atoms with Gasteiger partial charge >= 0.3 is 0 Å². The normalized spacial score (nSPS) is 14.3. The van der Waals surface area contributed by atoms with Gasteiger partial charge in [0.2, 0.25) is 0 Å². The highest BCUT2D eigenvalue weighted by Crippen LogP contribution is 2.12. The van der Waals surface area contributed by atoms with E-state index < -0.39 is 0 Å². The lowest BCUT2D eigenvalue weighted by Gasteiger charge is -2.21. The second-order valence-corrected chi connectivity index (χ2v) is 5.39. The van der Waals surface area contributed by atoms with Crippen molar-refractivity contribution in [2.75, 3.05) is 13.2 Å². The maximum Gasteiger partial charge on any atom is 0.0587 e. The minimum atomic E-state index is 0.179. The molecule has 0 aliphatic carbocycles. The molecule has 0 saturated carbocycles. The summed E-state index contributed by atoms with van der Waals surface area (Å²) in [5, 5.41) is 13.0. The zero-order chi connectivity index (χ0) is 13.9. The molecule has 0 spiro atoms. The van der Waals surface area contributed by atoms with Crippen molar-refractivity contribution in [2.24, 2.45) is 5.92 Å². The van der Waals surface area contributed by atoms with E-state index in [2.05, 4.69) is 43.4 Å². The number of benzene rings is 1. The third-order valence-electron chi connectivity index (χ3n) is 3.78. The maximum absolute atomic E-state index is 9.49. The van der Waals surface area contributed by atoms with Crippen LogP contribution in [0.15, 0.2) is 30.3 Å². The van der Waals surface area contributed by atoms with Crippen molar-refractivity contribution in [2.45, 2.75) is 52.0 Å². The lowest BCUT2D eigenvalue weighted by atomic mass is 9.98. The SMILES string of the molecule is CCCCC(CC)CNC(CO)Cc1ccccc1. The smallest absolute Gasteiger partial charge is 0.0587 e. The first-order valence-corrected chi connectivity index (χ1v) is 7.68. The standard InChI is InChI=1S/C17H29NO/c1-3-5-9-15(4-2)13-18-17(14-19)12-16-10-7-6-8-11-16/h6-8,10-11,15,17-19H,3-5,9,12-14H2,1-2H3. The molecule has 2 N–H and O–H groups in total. The van der Waals surface area contributed by atoms with E-state index >= 15 is 0 Å². The summed E-state index contributed by atoms with van der Waals surface area (Å²) >= 11 is 0. The van der Waals surface area contributed by atoms with Crippen LogP contribution in [-0.4, -0.2) is 24.3 Å². The minimum Gasteiger partial charge on any atom is -0.395 e. The maximum atomic E-state index is 9.49. The monoisotopic (exact) mass is 263 g/mol. The van der Waals surface area contributed by atoms with Crippen LogP contribution in [0, 0.1) is 5.92 Å². The van der Waals surface area contributed by atoms with Crippen LogP contribution in [0.2, 0.25) is 0 Å². The topological polar surface area (TPSA) is 32.3 Å². The Morgan fingerprint density at radius 2 is 1.89 bits per heavy atom. The number of hydrogen-bond donors (Lipinski definition) is 2. The van der Waals surface area contributed by atoms with Gasteiger partial charge in [-0.2, -0.15) is 0 Å². The van der Waals surface area contributed by atoms with Crippen molar-refractivity contribution in [3.05, 3.63) is 35.9 Å². The second-order valence-electron chi connectivity index (χ2n) is 5.39. The molecule has 0 aliphatic heterocycles. The van der Waals surface area contributed by atoms with Crippen molar-refractivity contribution >= 4 is 0 Å².